The second kappa shape index (κ2) is 4.52. The first-order chi connectivity index (χ1) is 8.01. The predicted molar refractivity (Wildman–Crippen MR) is 56.4 cm³/mol. The van der Waals surface area contributed by atoms with Gasteiger partial charge < -0.3 is 0 Å². The minimum absolute atomic E-state index is 0.338. The Labute approximate surface area is 102 Å². The van der Waals surface area contributed by atoms with Crippen LogP contribution in [0.2, 0.25) is 0 Å². The first kappa shape index (κ1) is 14.9. The number of benzene rings is 1. The quantitative estimate of drug-likeness (QED) is 0.840. The van der Waals surface area contributed by atoms with E-state index in [-0.39, 0.29) is 0 Å². The highest BCUT2D eigenvalue weighted by Crippen LogP contribution is 2.29. The molecule has 0 atom stereocenters. The molecule has 0 radical (unpaired) electrons. The fraction of sp³-hybridized carbons (Fsp3) is 0.250. The zero-order chi connectivity index (χ0) is 14.2. The molecule has 1 rings (SSSR count). The van der Waals surface area contributed by atoms with Gasteiger partial charge in [0.05, 0.1) is 4.90 Å². The van der Waals surface area contributed by atoms with E-state index >= 15 is 0 Å². The molecule has 0 heterocycles. The molecule has 0 aliphatic rings. The summed E-state index contributed by atoms with van der Waals surface area (Å²) >= 11 is 0. The van der Waals surface area contributed by atoms with Gasteiger partial charge in [-0.2, -0.15) is 13.2 Å². The number of rotatable bonds is 3. The van der Waals surface area contributed by atoms with Crippen LogP contribution in [0.5, 0.6) is 0 Å². The first-order valence-corrected chi connectivity index (χ1v) is 7.25. The molecular formula is C8H8F3NO4S2. The highest BCUT2D eigenvalue weighted by molar-refractivity contribution is 8.04. The van der Waals surface area contributed by atoms with Crippen LogP contribution in [0.15, 0.2) is 35.2 Å². The van der Waals surface area contributed by atoms with Crippen molar-refractivity contribution >= 4 is 20.0 Å². The minimum Gasteiger partial charge on any atom is -0.206 e. The Morgan fingerprint density at radius 1 is 1.00 bits per heavy atom. The van der Waals surface area contributed by atoms with Crippen LogP contribution in [0.3, 0.4) is 0 Å². The molecule has 102 valence electrons. The van der Waals surface area contributed by atoms with E-state index in [2.05, 4.69) is 0 Å². The van der Waals surface area contributed by atoms with Crippen molar-refractivity contribution in [2.24, 2.45) is 0 Å². The average Bonchev–Trinajstić information content (AvgIpc) is 2.27. The van der Waals surface area contributed by atoms with Crippen molar-refractivity contribution in [3.05, 3.63) is 30.3 Å². The van der Waals surface area contributed by atoms with Crippen molar-refractivity contribution in [3.8, 4) is 0 Å². The lowest BCUT2D eigenvalue weighted by atomic mass is 10.4. The van der Waals surface area contributed by atoms with Gasteiger partial charge in [-0.15, -0.1) is 0 Å². The molecule has 0 unspecified atom stereocenters. The van der Waals surface area contributed by atoms with Gasteiger partial charge >= 0.3 is 15.5 Å². The maximum Gasteiger partial charge on any atom is 0.512 e. The van der Waals surface area contributed by atoms with Gasteiger partial charge in [-0.3, -0.25) is 0 Å². The van der Waals surface area contributed by atoms with Gasteiger partial charge in [-0.25, -0.2) is 16.8 Å². The molecule has 0 aliphatic carbocycles. The fourth-order valence-corrected chi connectivity index (χ4v) is 3.65. The molecule has 0 fully saturated rings. The summed E-state index contributed by atoms with van der Waals surface area (Å²) in [6.07, 6.45) is 0. The summed E-state index contributed by atoms with van der Waals surface area (Å²) < 4.78 is 81.4. The summed E-state index contributed by atoms with van der Waals surface area (Å²) in [6, 6.07) is 5.97. The molecule has 0 amide bonds. The van der Waals surface area contributed by atoms with Gasteiger partial charge in [0.25, 0.3) is 10.0 Å². The molecule has 0 saturated carbocycles. The van der Waals surface area contributed by atoms with Gasteiger partial charge in [-0.1, -0.05) is 21.9 Å². The summed E-state index contributed by atoms with van der Waals surface area (Å²) in [7, 11) is -10.4. The summed E-state index contributed by atoms with van der Waals surface area (Å²) in [5, 5.41) is 0. The van der Waals surface area contributed by atoms with E-state index in [9.17, 15) is 30.0 Å². The highest BCUT2D eigenvalue weighted by Gasteiger charge is 2.52. The van der Waals surface area contributed by atoms with E-state index in [1.54, 1.807) is 0 Å². The minimum atomic E-state index is -5.94. The molecule has 10 heteroatoms. The number of hydrogen-bond acceptors (Lipinski definition) is 4. The zero-order valence-corrected chi connectivity index (χ0v) is 10.6. The van der Waals surface area contributed by atoms with E-state index in [4.69, 9.17) is 0 Å². The lowest BCUT2D eigenvalue weighted by Gasteiger charge is -2.18. The SMILES string of the molecule is CN(S(=O)(=O)c1ccccc1)S(=O)(=O)C(F)(F)F. The van der Waals surface area contributed by atoms with Gasteiger partial charge in [-0.05, 0) is 12.1 Å². The molecule has 0 N–H and O–H groups in total. The zero-order valence-electron chi connectivity index (χ0n) is 8.92. The van der Waals surface area contributed by atoms with Gasteiger partial charge in [0.1, 0.15) is 0 Å². The maximum absolute atomic E-state index is 12.2. The summed E-state index contributed by atoms with van der Waals surface area (Å²) in [4.78, 5) is -0.541. The predicted octanol–water partition coefficient (Wildman–Crippen LogP) is 1.16. The molecule has 0 bridgehead atoms. The summed E-state index contributed by atoms with van der Waals surface area (Å²) in [5.74, 6) is 0. The average molecular weight is 303 g/mol. The van der Waals surface area contributed by atoms with E-state index in [1.165, 1.54) is 18.2 Å². The second-order valence-electron chi connectivity index (χ2n) is 3.15. The lowest BCUT2D eigenvalue weighted by Crippen LogP contribution is -2.41. The molecule has 0 spiro atoms. The normalized spacial score (nSPS) is 13.8. The molecule has 1 aromatic carbocycles. The Hall–Kier alpha value is -1.13. The molecule has 0 aliphatic heterocycles. The molecule has 5 nitrogen and oxygen atoms in total. The van der Waals surface area contributed by atoms with Crippen LogP contribution in [0.1, 0.15) is 0 Å². The first-order valence-electron chi connectivity index (χ1n) is 4.36. The molecule has 0 saturated heterocycles. The third-order valence-electron chi connectivity index (χ3n) is 2.01. The Balaban J connectivity index is 3.33. The third kappa shape index (κ3) is 2.49. The van der Waals surface area contributed by atoms with Crippen molar-refractivity contribution in [2.45, 2.75) is 10.4 Å². The molecular weight excluding hydrogens is 295 g/mol. The second-order valence-corrected chi connectivity index (χ2v) is 7.31. The van der Waals surface area contributed by atoms with E-state index in [0.717, 1.165) is 12.1 Å². The van der Waals surface area contributed by atoms with Crippen molar-refractivity contribution < 1.29 is 30.0 Å². The number of alkyl halides is 3. The van der Waals surface area contributed by atoms with Crippen molar-refractivity contribution in [3.63, 3.8) is 0 Å². The van der Waals surface area contributed by atoms with Crippen molar-refractivity contribution in [2.75, 3.05) is 7.05 Å². The molecule has 18 heavy (non-hydrogen) atoms. The van der Waals surface area contributed by atoms with Gasteiger partial charge in [0.15, 0.2) is 0 Å². The van der Waals surface area contributed by atoms with Crippen LogP contribution in [0.25, 0.3) is 0 Å². The van der Waals surface area contributed by atoms with Gasteiger partial charge in [0.2, 0.25) is 0 Å². The van der Waals surface area contributed by atoms with Crippen LogP contribution < -0.4 is 0 Å². The topological polar surface area (TPSA) is 71.5 Å². The monoisotopic (exact) mass is 303 g/mol. The fourth-order valence-electron chi connectivity index (χ4n) is 1.02. The Bertz CT molecular complexity index is 622. The van der Waals surface area contributed by atoms with Gasteiger partial charge in [0, 0.05) is 7.05 Å². The Morgan fingerprint density at radius 2 is 1.44 bits per heavy atom. The van der Waals surface area contributed by atoms with Crippen molar-refractivity contribution in [1.82, 2.24) is 3.71 Å². The van der Waals surface area contributed by atoms with Crippen molar-refractivity contribution in [1.29, 1.82) is 0 Å². The van der Waals surface area contributed by atoms with Crippen LogP contribution >= 0.6 is 0 Å². The number of halogens is 3. The summed E-state index contributed by atoms with van der Waals surface area (Å²) in [6.45, 7) is 0. The van der Waals surface area contributed by atoms with E-state index in [0.29, 0.717) is 7.05 Å². The van der Waals surface area contributed by atoms with E-state index < -0.39 is 34.2 Å². The standard InChI is InChI=1S/C8H8F3NO4S2/c1-12(18(15,16)8(9,10)11)17(13,14)7-5-3-2-4-6-7/h2-6H,1H3. The lowest BCUT2D eigenvalue weighted by molar-refractivity contribution is -0.0465. The number of sulfonamides is 2. The smallest absolute Gasteiger partial charge is 0.206 e. The third-order valence-corrected chi connectivity index (χ3v) is 5.99. The molecule has 0 aromatic heterocycles. The van der Waals surface area contributed by atoms with Crippen LogP contribution in [-0.4, -0.2) is 33.1 Å². The maximum atomic E-state index is 12.2. The van der Waals surface area contributed by atoms with Crippen LogP contribution in [0, 0.1) is 0 Å². The number of nitrogens with zero attached hydrogens (tertiary/aromatic N) is 1. The van der Waals surface area contributed by atoms with Crippen LogP contribution in [-0.2, 0) is 20.0 Å². The van der Waals surface area contributed by atoms with E-state index in [1.807, 2.05) is 0 Å². The Kier molecular flexibility index (Phi) is 3.75. The largest absolute Gasteiger partial charge is 0.512 e. The highest BCUT2D eigenvalue weighted by atomic mass is 32.3. The number of hydrogen-bond donors (Lipinski definition) is 0. The van der Waals surface area contributed by atoms with Crippen LogP contribution in [0.4, 0.5) is 13.2 Å². The summed E-state index contributed by atoms with van der Waals surface area (Å²) in [5.41, 5.74) is -5.68. The Morgan fingerprint density at radius 3 is 1.83 bits per heavy atom. The molecule has 1 aromatic rings.